The molecule has 0 bridgehead atoms. The molecule has 3 aromatic rings. The molecule has 3 aromatic carbocycles. The smallest absolute Gasteiger partial charge is 0.337 e. The van der Waals surface area contributed by atoms with Crippen molar-refractivity contribution in [2.24, 2.45) is 0 Å². The molecular formula is C26H19N3O8. The van der Waals surface area contributed by atoms with Gasteiger partial charge in [-0.1, -0.05) is 12.1 Å². The summed E-state index contributed by atoms with van der Waals surface area (Å²) in [5.74, 6) is -1.83. The van der Waals surface area contributed by atoms with Crippen LogP contribution in [-0.2, 0) is 20.9 Å². The summed E-state index contributed by atoms with van der Waals surface area (Å²) in [5.41, 5.74) is 1.27. The molecule has 1 aliphatic rings. The topological polar surface area (TPSA) is 145 Å². The Labute approximate surface area is 210 Å². The Morgan fingerprint density at radius 1 is 1.03 bits per heavy atom. The van der Waals surface area contributed by atoms with Gasteiger partial charge in [0.05, 0.1) is 23.3 Å². The SMILES string of the molecule is COC(=O)c1ccc(N2C(=O)NC(=O)/C(=C/c3cccc(OCc4ccc([N+](=O)[O-])cc4)c3)C2=O)cc1. The fourth-order valence-corrected chi connectivity index (χ4v) is 3.50. The summed E-state index contributed by atoms with van der Waals surface area (Å²) in [5, 5.41) is 12.9. The lowest BCUT2D eigenvalue weighted by Crippen LogP contribution is -2.54. The number of nitrogens with zero attached hydrogens (tertiary/aromatic N) is 2. The standard InChI is InChI=1S/C26H19N3O8/c1-36-25(32)18-7-11-19(12-8-18)28-24(31)22(23(30)27-26(28)33)14-17-3-2-4-21(13-17)37-15-16-5-9-20(10-6-16)29(34)35/h2-14H,15H2,1H3,(H,27,30,33)/b22-14-. The van der Waals surface area contributed by atoms with Gasteiger partial charge in [-0.25, -0.2) is 14.5 Å². The van der Waals surface area contributed by atoms with Crippen molar-refractivity contribution in [2.45, 2.75) is 6.61 Å². The Morgan fingerprint density at radius 3 is 2.38 bits per heavy atom. The molecule has 11 heteroatoms. The number of imide groups is 2. The van der Waals surface area contributed by atoms with Crippen LogP contribution in [0.15, 0.2) is 78.4 Å². The quantitative estimate of drug-likeness (QED) is 0.170. The van der Waals surface area contributed by atoms with Crippen molar-refractivity contribution in [3.05, 3.63) is 105 Å². The molecule has 0 saturated carbocycles. The Balaban J connectivity index is 1.53. The first-order valence-corrected chi connectivity index (χ1v) is 10.8. The highest BCUT2D eigenvalue weighted by Crippen LogP contribution is 2.24. The Morgan fingerprint density at radius 2 is 1.73 bits per heavy atom. The van der Waals surface area contributed by atoms with E-state index >= 15 is 0 Å². The van der Waals surface area contributed by atoms with Gasteiger partial charge >= 0.3 is 12.0 Å². The van der Waals surface area contributed by atoms with Gasteiger partial charge in [0.25, 0.3) is 17.5 Å². The monoisotopic (exact) mass is 501 g/mol. The van der Waals surface area contributed by atoms with Crippen LogP contribution in [0.25, 0.3) is 6.08 Å². The van der Waals surface area contributed by atoms with Gasteiger partial charge in [0.1, 0.15) is 17.9 Å². The first-order valence-electron chi connectivity index (χ1n) is 10.8. The maximum Gasteiger partial charge on any atom is 0.337 e. The maximum atomic E-state index is 13.1. The molecule has 0 atom stereocenters. The van der Waals surface area contributed by atoms with E-state index in [1.54, 1.807) is 36.4 Å². The number of nitro benzene ring substituents is 1. The summed E-state index contributed by atoms with van der Waals surface area (Å²) < 4.78 is 10.4. The third kappa shape index (κ3) is 5.51. The molecule has 37 heavy (non-hydrogen) atoms. The van der Waals surface area contributed by atoms with Crippen LogP contribution in [0.1, 0.15) is 21.5 Å². The molecule has 1 fully saturated rings. The second-order valence-corrected chi connectivity index (χ2v) is 7.78. The van der Waals surface area contributed by atoms with E-state index in [-0.39, 0.29) is 29.1 Å². The molecule has 186 valence electrons. The molecule has 11 nitrogen and oxygen atoms in total. The molecule has 0 radical (unpaired) electrons. The predicted octanol–water partition coefficient (Wildman–Crippen LogP) is 3.63. The number of rotatable bonds is 7. The van der Waals surface area contributed by atoms with E-state index in [0.717, 1.165) is 4.90 Å². The van der Waals surface area contributed by atoms with Crippen LogP contribution in [0.4, 0.5) is 16.2 Å². The third-order valence-electron chi connectivity index (χ3n) is 5.37. The lowest BCUT2D eigenvalue weighted by Gasteiger charge is -2.26. The van der Waals surface area contributed by atoms with Gasteiger partial charge in [-0.05, 0) is 65.7 Å². The van der Waals surface area contributed by atoms with E-state index in [2.05, 4.69) is 10.1 Å². The lowest BCUT2D eigenvalue weighted by molar-refractivity contribution is -0.384. The van der Waals surface area contributed by atoms with Crippen LogP contribution >= 0.6 is 0 Å². The zero-order chi connectivity index (χ0) is 26.5. The minimum Gasteiger partial charge on any atom is -0.489 e. The van der Waals surface area contributed by atoms with Crippen LogP contribution in [0.5, 0.6) is 5.75 Å². The number of hydrogen-bond donors (Lipinski definition) is 1. The van der Waals surface area contributed by atoms with Gasteiger partial charge in [-0.15, -0.1) is 0 Å². The molecule has 1 heterocycles. The largest absolute Gasteiger partial charge is 0.489 e. The van der Waals surface area contributed by atoms with E-state index in [1.807, 2.05) is 0 Å². The summed E-state index contributed by atoms with van der Waals surface area (Å²) >= 11 is 0. The molecule has 0 spiro atoms. The number of nitrogens with one attached hydrogen (secondary N) is 1. The number of benzene rings is 3. The highest BCUT2D eigenvalue weighted by Gasteiger charge is 2.36. The minimum atomic E-state index is -0.918. The Kier molecular flexibility index (Phi) is 7.05. The number of barbiturate groups is 1. The minimum absolute atomic E-state index is 0.0280. The van der Waals surface area contributed by atoms with E-state index in [0.29, 0.717) is 16.9 Å². The van der Waals surface area contributed by atoms with Crippen LogP contribution in [0, 0.1) is 10.1 Å². The van der Waals surface area contributed by atoms with Gasteiger partial charge < -0.3 is 9.47 Å². The number of carbonyl (C=O) groups is 4. The number of ether oxygens (including phenoxy) is 2. The van der Waals surface area contributed by atoms with Crippen LogP contribution < -0.4 is 15.0 Å². The molecule has 0 unspecified atom stereocenters. The average molecular weight is 501 g/mol. The summed E-state index contributed by atoms with van der Waals surface area (Å²) in [4.78, 5) is 60.7. The molecule has 1 aliphatic heterocycles. The average Bonchev–Trinajstić information content (AvgIpc) is 2.90. The van der Waals surface area contributed by atoms with E-state index < -0.39 is 28.7 Å². The van der Waals surface area contributed by atoms with Gasteiger partial charge in [-0.3, -0.25) is 25.0 Å². The summed E-state index contributed by atoms with van der Waals surface area (Å²) in [6, 6.07) is 17.2. The second-order valence-electron chi connectivity index (χ2n) is 7.78. The number of carbonyl (C=O) groups excluding carboxylic acids is 4. The highest BCUT2D eigenvalue weighted by atomic mass is 16.6. The van der Waals surface area contributed by atoms with Crippen LogP contribution in [0.2, 0.25) is 0 Å². The number of nitro groups is 1. The number of methoxy groups -OCH3 is 1. The van der Waals surface area contributed by atoms with E-state index in [4.69, 9.17) is 4.74 Å². The molecule has 1 N–H and O–H groups in total. The van der Waals surface area contributed by atoms with Gasteiger partial charge in [0, 0.05) is 12.1 Å². The Bertz CT molecular complexity index is 1430. The van der Waals surface area contributed by atoms with Gasteiger partial charge in [0.15, 0.2) is 0 Å². The number of hydrogen-bond acceptors (Lipinski definition) is 8. The maximum absolute atomic E-state index is 13.1. The first kappa shape index (κ1) is 24.8. The molecule has 0 aromatic heterocycles. The molecule has 0 aliphatic carbocycles. The number of amides is 4. The van der Waals surface area contributed by atoms with E-state index in [1.165, 1.54) is 49.6 Å². The third-order valence-corrected chi connectivity index (χ3v) is 5.37. The predicted molar refractivity (Wildman–Crippen MR) is 131 cm³/mol. The number of esters is 1. The van der Waals surface area contributed by atoms with E-state index in [9.17, 15) is 29.3 Å². The van der Waals surface area contributed by atoms with Crippen molar-refractivity contribution in [1.29, 1.82) is 0 Å². The Hall–Kier alpha value is -5.32. The van der Waals surface area contributed by atoms with Crippen molar-refractivity contribution in [3.8, 4) is 5.75 Å². The van der Waals surface area contributed by atoms with Crippen molar-refractivity contribution < 1.29 is 33.6 Å². The fourth-order valence-electron chi connectivity index (χ4n) is 3.50. The fraction of sp³-hybridized carbons (Fsp3) is 0.0769. The van der Waals surface area contributed by atoms with Crippen molar-refractivity contribution >= 4 is 41.3 Å². The second kappa shape index (κ2) is 10.5. The van der Waals surface area contributed by atoms with Crippen molar-refractivity contribution in [1.82, 2.24) is 5.32 Å². The van der Waals surface area contributed by atoms with Crippen molar-refractivity contribution in [3.63, 3.8) is 0 Å². The molecule has 4 amide bonds. The lowest BCUT2D eigenvalue weighted by atomic mass is 10.1. The zero-order valence-corrected chi connectivity index (χ0v) is 19.4. The summed E-state index contributed by atoms with van der Waals surface area (Å²) in [7, 11) is 1.23. The van der Waals surface area contributed by atoms with Gasteiger partial charge in [0.2, 0.25) is 0 Å². The number of non-ortho nitro benzene ring substituents is 1. The first-order chi connectivity index (χ1) is 17.8. The van der Waals surface area contributed by atoms with Crippen LogP contribution in [-0.4, -0.2) is 35.8 Å². The molecular weight excluding hydrogens is 482 g/mol. The summed E-state index contributed by atoms with van der Waals surface area (Å²) in [6.45, 7) is 0.140. The zero-order valence-electron chi connectivity index (χ0n) is 19.4. The molecule has 1 saturated heterocycles. The molecule has 4 rings (SSSR count). The number of urea groups is 1. The normalized spacial score (nSPS) is 14.4. The van der Waals surface area contributed by atoms with Gasteiger partial charge in [-0.2, -0.15) is 0 Å². The summed E-state index contributed by atoms with van der Waals surface area (Å²) in [6.07, 6.45) is 1.33. The highest BCUT2D eigenvalue weighted by molar-refractivity contribution is 6.39. The number of anilines is 1. The van der Waals surface area contributed by atoms with Crippen molar-refractivity contribution in [2.75, 3.05) is 12.0 Å². The van der Waals surface area contributed by atoms with Crippen LogP contribution in [0.3, 0.4) is 0 Å².